The molecule has 2 aromatic carbocycles. The van der Waals surface area contributed by atoms with E-state index >= 15 is 0 Å². The SMILES string of the molecule is COc1cc(C=O)c(O)c(C(C)(C)c2ccccc2)c1. The largest absolute Gasteiger partial charge is 0.507 e. The second kappa shape index (κ2) is 5.37. The van der Waals surface area contributed by atoms with Gasteiger partial charge >= 0.3 is 0 Å². The second-order valence-corrected chi connectivity index (χ2v) is 5.22. The van der Waals surface area contributed by atoms with E-state index in [-0.39, 0.29) is 11.3 Å². The van der Waals surface area contributed by atoms with Gasteiger partial charge in [0, 0.05) is 11.0 Å². The van der Waals surface area contributed by atoms with E-state index in [4.69, 9.17) is 4.74 Å². The summed E-state index contributed by atoms with van der Waals surface area (Å²) < 4.78 is 5.21. The van der Waals surface area contributed by atoms with Crippen molar-refractivity contribution >= 4 is 6.29 Å². The third-order valence-corrected chi connectivity index (χ3v) is 3.64. The molecule has 0 aliphatic heterocycles. The molecule has 0 bridgehead atoms. The molecule has 0 heterocycles. The normalized spacial score (nSPS) is 11.2. The molecule has 0 spiro atoms. The summed E-state index contributed by atoms with van der Waals surface area (Å²) in [5.74, 6) is 0.568. The number of carbonyl (C=O) groups is 1. The number of benzene rings is 2. The molecule has 0 amide bonds. The third-order valence-electron chi connectivity index (χ3n) is 3.64. The van der Waals surface area contributed by atoms with Gasteiger partial charge in [-0.05, 0) is 17.7 Å². The molecule has 2 rings (SSSR count). The van der Waals surface area contributed by atoms with Crippen molar-refractivity contribution < 1.29 is 14.6 Å². The summed E-state index contributed by atoms with van der Waals surface area (Å²) in [4.78, 5) is 11.1. The van der Waals surface area contributed by atoms with Crippen LogP contribution in [0.25, 0.3) is 0 Å². The van der Waals surface area contributed by atoms with Gasteiger partial charge in [0.15, 0.2) is 6.29 Å². The predicted molar refractivity (Wildman–Crippen MR) is 78.6 cm³/mol. The summed E-state index contributed by atoms with van der Waals surface area (Å²) >= 11 is 0. The number of phenols is 1. The van der Waals surface area contributed by atoms with Crippen LogP contribution in [0.15, 0.2) is 42.5 Å². The molecule has 0 saturated heterocycles. The van der Waals surface area contributed by atoms with Crippen LogP contribution in [0, 0.1) is 0 Å². The molecule has 0 unspecified atom stereocenters. The van der Waals surface area contributed by atoms with E-state index in [1.165, 1.54) is 6.07 Å². The van der Waals surface area contributed by atoms with Crippen molar-refractivity contribution in [3.63, 3.8) is 0 Å². The Morgan fingerprint density at radius 1 is 1.15 bits per heavy atom. The Morgan fingerprint density at radius 3 is 2.35 bits per heavy atom. The molecule has 0 saturated carbocycles. The molecule has 0 aliphatic carbocycles. The molecule has 0 aliphatic rings. The average molecular weight is 270 g/mol. The van der Waals surface area contributed by atoms with Gasteiger partial charge in [-0.15, -0.1) is 0 Å². The highest BCUT2D eigenvalue weighted by Crippen LogP contribution is 2.40. The fraction of sp³-hybridized carbons (Fsp3) is 0.235. The van der Waals surface area contributed by atoms with E-state index in [2.05, 4.69) is 0 Å². The Balaban J connectivity index is 2.65. The zero-order chi connectivity index (χ0) is 14.8. The molecule has 0 atom stereocenters. The van der Waals surface area contributed by atoms with Crippen LogP contribution in [-0.4, -0.2) is 18.5 Å². The van der Waals surface area contributed by atoms with Crippen LogP contribution in [0.5, 0.6) is 11.5 Å². The minimum Gasteiger partial charge on any atom is -0.507 e. The molecule has 2 aromatic rings. The monoisotopic (exact) mass is 270 g/mol. The van der Waals surface area contributed by atoms with Gasteiger partial charge in [-0.25, -0.2) is 0 Å². The van der Waals surface area contributed by atoms with Crippen molar-refractivity contribution in [1.82, 2.24) is 0 Å². The number of methoxy groups -OCH3 is 1. The lowest BCUT2D eigenvalue weighted by Gasteiger charge is -2.27. The van der Waals surface area contributed by atoms with Crippen molar-refractivity contribution in [2.24, 2.45) is 0 Å². The fourth-order valence-corrected chi connectivity index (χ4v) is 2.32. The number of hydrogen-bond donors (Lipinski definition) is 1. The highest BCUT2D eigenvalue weighted by atomic mass is 16.5. The molecule has 0 fully saturated rings. The number of carbonyl (C=O) groups excluding carboxylic acids is 1. The third kappa shape index (κ3) is 2.39. The van der Waals surface area contributed by atoms with Crippen molar-refractivity contribution in [3.05, 3.63) is 59.2 Å². The smallest absolute Gasteiger partial charge is 0.153 e. The summed E-state index contributed by atoms with van der Waals surface area (Å²) in [6, 6.07) is 13.2. The van der Waals surface area contributed by atoms with E-state index < -0.39 is 5.41 Å². The zero-order valence-electron chi connectivity index (χ0n) is 11.9. The maximum absolute atomic E-state index is 11.1. The first-order valence-corrected chi connectivity index (χ1v) is 6.43. The second-order valence-electron chi connectivity index (χ2n) is 5.22. The van der Waals surface area contributed by atoms with Crippen LogP contribution in [0.3, 0.4) is 0 Å². The number of phenolic OH excluding ortho intramolecular Hbond substituents is 1. The molecule has 3 nitrogen and oxygen atoms in total. The Bertz CT molecular complexity index is 616. The van der Waals surface area contributed by atoms with E-state index in [1.807, 2.05) is 44.2 Å². The average Bonchev–Trinajstić information content (AvgIpc) is 2.48. The molecular formula is C17H18O3. The van der Waals surface area contributed by atoms with Crippen molar-refractivity contribution in [3.8, 4) is 11.5 Å². The number of ether oxygens (including phenoxy) is 1. The van der Waals surface area contributed by atoms with E-state index in [0.717, 1.165) is 5.56 Å². The van der Waals surface area contributed by atoms with Gasteiger partial charge in [-0.2, -0.15) is 0 Å². The number of hydrogen-bond acceptors (Lipinski definition) is 3. The lowest BCUT2D eigenvalue weighted by Crippen LogP contribution is -2.19. The predicted octanol–water partition coefficient (Wildman–Crippen LogP) is 3.54. The molecule has 1 N–H and O–H groups in total. The Morgan fingerprint density at radius 2 is 1.80 bits per heavy atom. The van der Waals surface area contributed by atoms with Gasteiger partial charge in [0.05, 0.1) is 12.7 Å². The summed E-state index contributed by atoms with van der Waals surface area (Å²) in [6.07, 6.45) is 0.641. The maximum atomic E-state index is 11.1. The lowest BCUT2D eigenvalue weighted by atomic mass is 9.77. The van der Waals surface area contributed by atoms with E-state index in [9.17, 15) is 9.90 Å². The molecular weight excluding hydrogens is 252 g/mol. The standard InChI is InChI=1S/C17H18O3/c1-17(2,13-7-5-4-6-8-13)15-10-14(20-3)9-12(11-18)16(15)19/h4-11,19H,1-3H3. The van der Waals surface area contributed by atoms with Crippen LogP contribution in [0.2, 0.25) is 0 Å². The topological polar surface area (TPSA) is 46.5 Å². The van der Waals surface area contributed by atoms with Crippen LogP contribution in [0.4, 0.5) is 0 Å². The van der Waals surface area contributed by atoms with Crippen molar-refractivity contribution in [2.45, 2.75) is 19.3 Å². The van der Waals surface area contributed by atoms with Crippen molar-refractivity contribution in [1.29, 1.82) is 0 Å². The summed E-state index contributed by atoms with van der Waals surface area (Å²) in [6.45, 7) is 4.01. The number of aldehydes is 1. The number of aromatic hydroxyl groups is 1. The van der Waals surface area contributed by atoms with E-state index in [0.29, 0.717) is 17.6 Å². The molecule has 3 heteroatoms. The molecule has 104 valence electrons. The first-order valence-electron chi connectivity index (χ1n) is 6.43. The van der Waals surface area contributed by atoms with Gasteiger partial charge in [0.25, 0.3) is 0 Å². The van der Waals surface area contributed by atoms with Crippen molar-refractivity contribution in [2.75, 3.05) is 7.11 Å². The van der Waals surface area contributed by atoms with Gasteiger partial charge in [0.1, 0.15) is 11.5 Å². The highest BCUT2D eigenvalue weighted by molar-refractivity contribution is 5.81. The molecule has 0 radical (unpaired) electrons. The first kappa shape index (κ1) is 14.1. The van der Waals surface area contributed by atoms with Crippen LogP contribution in [0.1, 0.15) is 35.3 Å². The van der Waals surface area contributed by atoms with Gasteiger partial charge in [-0.1, -0.05) is 44.2 Å². The highest BCUT2D eigenvalue weighted by Gasteiger charge is 2.28. The zero-order valence-corrected chi connectivity index (χ0v) is 11.9. The van der Waals surface area contributed by atoms with Crippen LogP contribution < -0.4 is 4.74 Å². The fourth-order valence-electron chi connectivity index (χ4n) is 2.32. The summed E-state index contributed by atoms with van der Waals surface area (Å²) in [5, 5.41) is 10.3. The van der Waals surface area contributed by atoms with Crippen LogP contribution in [-0.2, 0) is 5.41 Å². The summed E-state index contributed by atoms with van der Waals surface area (Å²) in [5.41, 5.74) is 1.53. The number of rotatable bonds is 4. The van der Waals surface area contributed by atoms with E-state index in [1.54, 1.807) is 13.2 Å². The Kier molecular flexibility index (Phi) is 3.79. The Labute approximate surface area is 118 Å². The minimum absolute atomic E-state index is 0.00894. The minimum atomic E-state index is -0.433. The molecule has 20 heavy (non-hydrogen) atoms. The first-order chi connectivity index (χ1) is 9.50. The molecule has 0 aromatic heterocycles. The Hall–Kier alpha value is -2.29. The lowest BCUT2D eigenvalue weighted by molar-refractivity contribution is 0.112. The van der Waals surface area contributed by atoms with Gasteiger partial charge in [-0.3, -0.25) is 4.79 Å². The summed E-state index contributed by atoms with van der Waals surface area (Å²) in [7, 11) is 1.54. The van der Waals surface area contributed by atoms with Crippen LogP contribution >= 0.6 is 0 Å². The quantitative estimate of drug-likeness (QED) is 0.864. The maximum Gasteiger partial charge on any atom is 0.153 e. The van der Waals surface area contributed by atoms with Gasteiger partial charge in [0.2, 0.25) is 0 Å². The van der Waals surface area contributed by atoms with Gasteiger partial charge < -0.3 is 9.84 Å².